The minimum atomic E-state index is -0.263. The van der Waals surface area contributed by atoms with Crippen LogP contribution >= 0.6 is 0 Å². The zero-order valence-corrected chi connectivity index (χ0v) is 18.5. The number of nitrogens with zero attached hydrogens (tertiary/aromatic N) is 5. The molecule has 162 valence electrons. The molecule has 0 aromatic carbocycles. The average Bonchev–Trinajstić information content (AvgIpc) is 3.51. The standard InChI is InChI=1S/C24H29N5O2/c1-4-8-19-21(17(3)26-31-19)23(30)27-15-11-24(16-27)20-10-7-14-28(20)22-18(9-6-12-25-22)29(24)13-5-2/h6-7,9-10,12,14H,4-5,8,11,13,15-16H2,1-3H3/t24-/m1/s1. The number of hydrogen-bond donors (Lipinski definition) is 0. The highest BCUT2D eigenvalue weighted by Crippen LogP contribution is 2.47. The van der Waals surface area contributed by atoms with Gasteiger partial charge in [0.2, 0.25) is 0 Å². The summed E-state index contributed by atoms with van der Waals surface area (Å²) >= 11 is 0. The number of carbonyl (C=O) groups excluding carboxylic acids is 1. The van der Waals surface area contributed by atoms with Gasteiger partial charge in [0.05, 0.1) is 17.1 Å². The van der Waals surface area contributed by atoms with Gasteiger partial charge in [-0.3, -0.25) is 4.79 Å². The molecule has 7 heteroatoms. The molecule has 0 saturated carbocycles. The lowest BCUT2D eigenvalue weighted by Crippen LogP contribution is -2.53. The molecule has 7 nitrogen and oxygen atoms in total. The Bertz CT molecular complexity index is 1120. The second-order valence-corrected chi connectivity index (χ2v) is 8.59. The van der Waals surface area contributed by atoms with Gasteiger partial charge in [-0.2, -0.15) is 0 Å². The topological polar surface area (TPSA) is 67.4 Å². The Hall–Kier alpha value is -3.09. The lowest BCUT2D eigenvalue weighted by Gasteiger charge is -2.47. The van der Waals surface area contributed by atoms with Crippen LogP contribution < -0.4 is 4.90 Å². The Balaban J connectivity index is 1.55. The Kier molecular flexibility index (Phi) is 4.84. The third-order valence-electron chi connectivity index (χ3n) is 6.63. The van der Waals surface area contributed by atoms with Gasteiger partial charge in [-0.15, -0.1) is 0 Å². The molecule has 1 atom stereocenters. The minimum absolute atomic E-state index is 0.0330. The molecule has 3 aromatic rings. The number of amides is 1. The fraction of sp³-hybridized carbons (Fsp3) is 0.458. The summed E-state index contributed by atoms with van der Waals surface area (Å²) in [4.78, 5) is 22.7. The summed E-state index contributed by atoms with van der Waals surface area (Å²) in [6, 6.07) is 8.41. The van der Waals surface area contributed by atoms with Crippen LogP contribution in [0.15, 0.2) is 41.2 Å². The van der Waals surface area contributed by atoms with Gasteiger partial charge in [0, 0.05) is 38.4 Å². The largest absolute Gasteiger partial charge is 0.360 e. The molecular formula is C24H29N5O2. The maximum Gasteiger partial charge on any atom is 0.259 e. The van der Waals surface area contributed by atoms with E-state index >= 15 is 0 Å². The van der Waals surface area contributed by atoms with E-state index < -0.39 is 0 Å². The highest BCUT2D eigenvalue weighted by atomic mass is 16.5. The molecule has 0 unspecified atom stereocenters. The number of carbonyl (C=O) groups is 1. The number of aromatic nitrogens is 3. The smallest absolute Gasteiger partial charge is 0.259 e. The van der Waals surface area contributed by atoms with Crippen molar-refractivity contribution in [3.8, 4) is 5.82 Å². The maximum atomic E-state index is 13.6. The van der Waals surface area contributed by atoms with Crippen LogP contribution in [0.4, 0.5) is 5.69 Å². The van der Waals surface area contributed by atoms with Crippen molar-refractivity contribution in [2.24, 2.45) is 0 Å². The molecular weight excluding hydrogens is 390 g/mol. The predicted octanol–water partition coefficient (Wildman–Crippen LogP) is 4.09. The molecule has 2 aliphatic rings. The Morgan fingerprint density at radius 1 is 1.23 bits per heavy atom. The van der Waals surface area contributed by atoms with Crippen LogP contribution in [0.1, 0.15) is 60.6 Å². The van der Waals surface area contributed by atoms with Crippen molar-refractivity contribution >= 4 is 11.6 Å². The zero-order chi connectivity index (χ0) is 21.6. The molecule has 0 radical (unpaired) electrons. The van der Waals surface area contributed by atoms with Crippen LogP contribution in [0.3, 0.4) is 0 Å². The maximum absolute atomic E-state index is 13.6. The van der Waals surface area contributed by atoms with Crippen LogP contribution in [0.5, 0.6) is 0 Å². The highest BCUT2D eigenvalue weighted by molar-refractivity contribution is 5.96. The quantitative estimate of drug-likeness (QED) is 0.623. The van der Waals surface area contributed by atoms with Gasteiger partial charge in [-0.05, 0) is 50.5 Å². The summed E-state index contributed by atoms with van der Waals surface area (Å²) < 4.78 is 7.68. The molecule has 5 rings (SSSR count). The Morgan fingerprint density at radius 3 is 2.90 bits per heavy atom. The number of likely N-dealkylation sites (tertiary alicyclic amines) is 1. The van der Waals surface area contributed by atoms with E-state index in [1.165, 1.54) is 5.69 Å². The molecule has 1 amide bonds. The third-order valence-corrected chi connectivity index (χ3v) is 6.63. The van der Waals surface area contributed by atoms with E-state index in [0.717, 1.165) is 43.7 Å². The molecule has 5 heterocycles. The lowest BCUT2D eigenvalue weighted by molar-refractivity contribution is 0.0779. The first-order valence-corrected chi connectivity index (χ1v) is 11.3. The van der Waals surface area contributed by atoms with Crippen molar-refractivity contribution in [1.82, 2.24) is 19.6 Å². The Morgan fingerprint density at radius 2 is 2.10 bits per heavy atom. The van der Waals surface area contributed by atoms with E-state index in [1.807, 2.05) is 24.1 Å². The number of fused-ring (bicyclic) bond motifs is 4. The van der Waals surface area contributed by atoms with Gasteiger partial charge < -0.3 is 18.9 Å². The third kappa shape index (κ3) is 2.90. The van der Waals surface area contributed by atoms with Gasteiger partial charge in [-0.1, -0.05) is 19.0 Å². The summed E-state index contributed by atoms with van der Waals surface area (Å²) in [6.07, 6.45) is 7.48. The number of aryl methyl sites for hydroxylation is 2. The van der Waals surface area contributed by atoms with Crippen molar-refractivity contribution in [1.29, 1.82) is 0 Å². The highest BCUT2D eigenvalue weighted by Gasteiger charge is 2.51. The molecule has 0 bridgehead atoms. The molecule has 1 fully saturated rings. The number of pyridine rings is 1. The van der Waals surface area contributed by atoms with Crippen molar-refractivity contribution in [2.75, 3.05) is 24.5 Å². The summed E-state index contributed by atoms with van der Waals surface area (Å²) in [5.74, 6) is 1.70. The first-order chi connectivity index (χ1) is 15.1. The zero-order valence-electron chi connectivity index (χ0n) is 18.5. The van der Waals surface area contributed by atoms with Gasteiger partial charge >= 0.3 is 0 Å². The monoisotopic (exact) mass is 419 g/mol. The summed E-state index contributed by atoms with van der Waals surface area (Å²) in [5.41, 5.74) is 3.41. The van der Waals surface area contributed by atoms with E-state index in [0.29, 0.717) is 30.1 Å². The van der Waals surface area contributed by atoms with E-state index in [1.54, 1.807) is 0 Å². The minimum Gasteiger partial charge on any atom is -0.360 e. The average molecular weight is 420 g/mol. The van der Waals surface area contributed by atoms with Crippen LogP contribution in [0.25, 0.3) is 5.82 Å². The number of hydrogen-bond acceptors (Lipinski definition) is 5. The van der Waals surface area contributed by atoms with Crippen LogP contribution in [-0.2, 0) is 12.0 Å². The van der Waals surface area contributed by atoms with Crippen molar-refractivity contribution < 1.29 is 9.32 Å². The van der Waals surface area contributed by atoms with Gasteiger partial charge in [-0.25, -0.2) is 4.98 Å². The molecule has 2 aliphatic heterocycles. The van der Waals surface area contributed by atoms with Gasteiger partial charge in [0.15, 0.2) is 5.82 Å². The summed E-state index contributed by atoms with van der Waals surface area (Å²) in [5, 5.41) is 4.09. The fourth-order valence-corrected chi connectivity index (χ4v) is 5.30. The molecule has 1 saturated heterocycles. The van der Waals surface area contributed by atoms with E-state index in [4.69, 9.17) is 4.52 Å². The van der Waals surface area contributed by atoms with Crippen LogP contribution in [-0.4, -0.2) is 45.1 Å². The van der Waals surface area contributed by atoms with Crippen LogP contribution in [0.2, 0.25) is 0 Å². The van der Waals surface area contributed by atoms with E-state index in [2.05, 4.69) is 57.9 Å². The van der Waals surface area contributed by atoms with E-state index in [9.17, 15) is 4.79 Å². The number of rotatable bonds is 5. The molecule has 3 aromatic heterocycles. The van der Waals surface area contributed by atoms with E-state index in [-0.39, 0.29) is 11.4 Å². The Labute approximate surface area is 182 Å². The van der Waals surface area contributed by atoms with Crippen molar-refractivity contribution in [2.45, 2.75) is 52.0 Å². The number of anilines is 1. The second-order valence-electron chi connectivity index (χ2n) is 8.59. The molecule has 1 spiro atoms. The first-order valence-electron chi connectivity index (χ1n) is 11.3. The molecule has 0 aliphatic carbocycles. The van der Waals surface area contributed by atoms with Crippen molar-refractivity contribution in [3.63, 3.8) is 0 Å². The van der Waals surface area contributed by atoms with Gasteiger partial charge in [0.25, 0.3) is 5.91 Å². The second kappa shape index (κ2) is 7.55. The SMILES string of the molecule is CCCc1onc(C)c1C(=O)N1CC[C@@]2(C1)c1cccn1-c1ncccc1N2CCC. The molecule has 0 N–H and O–H groups in total. The van der Waals surface area contributed by atoms with Crippen LogP contribution in [0, 0.1) is 6.92 Å². The van der Waals surface area contributed by atoms with Crippen molar-refractivity contribution in [3.05, 3.63) is 59.4 Å². The van der Waals surface area contributed by atoms with Gasteiger partial charge in [0.1, 0.15) is 16.9 Å². The summed E-state index contributed by atoms with van der Waals surface area (Å²) in [7, 11) is 0. The first kappa shape index (κ1) is 19.8. The summed E-state index contributed by atoms with van der Waals surface area (Å²) in [6.45, 7) is 8.41. The normalized spacial score (nSPS) is 19.7. The lowest BCUT2D eigenvalue weighted by atomic mass is 9.88. The predicted molar refractivity (Wildman–Crippen MR) is 119 cm³/mol. The fourth-order valence-electron chi connectivity index (χ4n) is 5.30. The molecule has 31 heavy (non-hydrogen) atoms.